The summed E-state index contributed by atoms with van der Waals surface area (Å²) < 4.78 is 31.2. The molecule has 0 amide bonds. The standard InChI is InChI=1S/C2HF3O.Hg/c3-2(4,5)1-6;/h1H;. The monoisotopic (exact) mass is 300 g/mol. The number of halogens is 3. The van der Waals surface area contributed by atoms with Gasteiger partial charge in [-0.05, 0) is 0 Å². The summed E-state index contributed by atoms with van der Waals surface area (Å²) in [6.45, 7) is 0. The molecule has 0 unspecified atom stereocenters. The molecular formula is C2HF3HgO. The van der Waals surface area contributed by atoms with Crippen LogP contribution in [0.15, 0.2) is 0 Å². The predicted octanol–water partition coefficient (Wildman–Crippen LogP) is 0.745. The van der Waals surface area contributed by atoms with Gasteiger partial charge in [0.05, 0.1) is 0 Å². The molecule has 0 rings (SSSR count). The molecule has 38 valence electrons. The van der Waals surface area contributed by atoms with E-state index in [-0.39, 0.29) is 27.7 Å². The predicted molar refractivity (Wildman–Crippen MR) is 12.1 cm³/mol. The van der Waals surface area contributed by atoms with Gasteiger partial charge >= 0.3 is 6.18 Å². The Morgan fingerprint density at radius 2 is 1.43 bits per heavy atom. The molecule has 0 heterocycles. The van der Waals surface area contributed by atoms with Crippen LogP contribution in [-0.2, 0) is 32.5 Å². The third-order valence-corrected chi connectivity index (χ3v) is 0.134. The van der Waals surface area contributed by atoms with Crippen LogP contribution >= 0.6 is 0 Å². The Bertz CT molecular complexity index is 58.4. The summed E-state index contributed by atoms with van der Waals surface area (Å²) in [5.41, 5.74) is 0. The molecule has 5 heteroatoms. The van der Waals surface area contributed by atoms with E-state index < -0.39 is 12.5 Å². The fraction of sp³-hybridized carbons (Fsp3) is 0.500. The van der Waals surface area contributed by atoms with Gasteiger partial charge in [0.2, 0.25) is 6.29 Å². The van der Waals surface area contributed by atoms with E-state index in [1.807, 2.05) is 0 Å². The second-order valence-electron chi connectivity index (χ2n) is 0.659. The van der Waals surface area contributed by atoms with E-state index in [1.165, 1.54) is 0 Å². The van der Waals surface area contributed by atoms with E-state index in [4.69, 9.17) is 4.79 Å². The Hall–Kier alpha value is 0.395. The van der Waals surface area contributed by atoms with Gasteiger partial charge in [0.25, 0.3) is 0 Å². The number of hydrogen-bond donors (Lipinski definition) is 0. The second-order valence-corrected chi connectivity index (χ2v) is 0.659. The van der Waals surface area contributed by atoms with Gasteiger partial charge in [-0.3, -0.25) is 4.79 Å². The van der Waals surface area contributed by atoms with Crippen molar-refractivity contribution in [1.29, 1.82) is 0 Å². The largest absolute Gasteiger partial charge is 0.446 e. The van der Waals surface area contributed by atoms with Crippen molar-refractivity contribution in [2.45, 2.75) is 6.18 Å². The van der Waals surface area contributed by atoms with Crippen LogP contribution < -0.4 is 0 Å². The maximum atomic E-state index is 10.4. The first-order valence-electron chi connectivity index (χ1n) is 1.09. The Morgan fingerprint density at radius 1 is 1.29 bits per heavy atom. The van der Waals surface area contributed by atoms with Crippen molar-refractivity contribution in [3.8, 4) is 0 Å². The molecule has 0 aliphatic heterocycles. The fourth-order valence-electron chi connectivity index (χ4n) is 0. The van der Waals surface area contributed by atoms with E-state index in [9.17, 15) is 13.2 Å². The summed E-state index contributed by atoms with van der Waals surface area (Å²) in [6, 6.07) is 0. The summed E-state index contributed by atoms with van der Waals surface area (Å²) in [6.07, 6.45) is -5.70. The molecule has 0 aromatic carbocycles. The van der Waals surface area contributed by atoms with Crippen molar-refractivity contribution in [3.05, 3.63) is 0 Å². The molecule has 0 bridgehead atoms. The zero-order valence-electron chi connectivity index (χ0n) is 3.33. The molecule has 0 spiro atoms. The Morgan fingerprint density at radius 3 is 1.43 bits per heavy atom. The van der Waals surface area contributed by atoms with Gasteiger partial charge in [0.15, 0.2) is 0 Å². The van der Waals surface area contributed by atoms with Crippen LogP contribution in [0.3, 0.4) is 0 Å². The minimum Gasteiger partial charge on any atom is -0.293 e. The molecule has 1 nitrogen and oxygen atoms in total. The normalized spacial score (nSPS) is 9.57. The summed E-state index contributed by atoms with van der Waals surface area (Å²) in [5, 5.41) is 0. The van der Waals surface area contributed by atoms with E-state index in [2.05, 4.69) is 0 Å². The molecule has 0 N–H and O–H groups in total. The van der Waals surface area contributed by atoms with E-state index in [0.717, 1.165) is 0 Å². The van der Waals surface area contributed by atoms with Gasteiger partial charge in [-0.15, -0.1) is 0 Å². The summed E-state index contributed by atoms with van der Waals surface area (Å²) >= 11 is 0. The van der Waals surface area contributed by atoms with Crippen LogP contribution in [0.25, 0.3) is 0 Å². The van der Waals surface area contributed by atoms with Crippen LogP contribution in [-0.4, -0.2) is 12.5 Å². The molecule has 0 aromatic heterocycles. The molecule has 0 aliphatic rings. The van der Waals surface area contributed by atoms with Gasteiger partial charge in [0, 0.05) is 27.7 Å². The molecule has 0 fully saturated rings. The SMILES string of the molecule is O=CC(F)(F)F.[Hg]. The van der Waals surface area contributed by atoms with Crippen LogP contribution in [0, 0.1) is 0 Å². The first kappa shape index (κ1) is 10.4. The van der Waals surface area contributed by atoms with Crippen molar-refractivity contribution < 1.29 is 45.6 Å². The van der Waals surface area contributed by atoms with Gasteiger partial charge in [0.1, 0.15) is 0 Å². The van der Waals surface area contributed by atoms with Gasteiger partial charge in [-0.1, -0.05) is 0 Å². The fourth-order valence-corrected chi connectivity index (χ4v) is 0. The molecule has 0 aliphatic carbocycles. The second kappa shape index (κ2) is 3.40. The first-order chi connectivity index (χ1) is 2.56. The third kappa shape index (κ3) is 10.7. The number of carbonyl (C=O) groups excluding carboxylic acids is 1. The van der Waals surface area contributed by atoms with Gasteiger partial charge in [-0.2, -0.15) is 13.2 Å². The zero-order valence-corrected chi connectivity index (χ0v) is 8.82. The minimum absolute atomic E-state index is 0. The van der Waals surface area contributed by atoms with Crippen LogP contribution in [0.4, 0.5) is 13.2 Å². The summed E-state index contributed by atoms with van der Waals surface area (Å²) in [7, 11) is 0. The molecule has 0 atom stereocenters. The Labute approximate surface area is 58.4 Å². The van der Waals surface area contributed by atoms with Gasteiger partial charge in [-0.25, -0.2) is 0 Å². The van der Waals surface area contributed by atoms with Crippen molar-refractivity contribution in [2.24, 2.45) is 0 Å². The molecular weight excluding hydrogens is 298 g/mol. The maximum absolute atomic E-state index is 10.4. The molecule has 7 heavy (non-hydrogen) atoms. The third-order valence-electron chi connectivity index (χ3n) is 0.134. The average molecular weight is 299 g/mol. The summed E-state index contributed by atoms with van der Waals surface area (Å²) in [5.74, 6) is 0. The maximum Gasteiger partial charge on any atom is 0.446 e. The van der Waals surface area contributed by atoms with Crippen molar-refractivity contribution in [2.75, 3.05) is 0 Å². The molecule has 0 saturated carbocycles. The van der Waals surface area contributed by atoms with Crippen LogP contribution in [0.2, 0.25) is 0 Å². The molecule has 0 saturated heterocycles. The topological polar surface area (TPSA) is 17.1 Å². The number of rotatable bonds is 0. The number of aldehydes is 1. The molecule has 0 aromatic rings. The minimum atomic E-state index is -4.64. The van der Waals surface area contributed by atoms with Crippen LogP contribution in [0.1, 0.15) is 0 Å². The smallest absolute Gasteiger partial charge is 0.293 e. The first-order valence-corrected chi connectivity index (χ1v) is 1.09. The molecule has 0 radical (unpaired) electrons. The van der Waals surface area contributed by atoms with Crippen LogP contribution in [0.5, 0.6) is 0 Å². The average Bonchev–Trinajstić information content (AvgIpc) is 1.35. The van der Waals surface area contributed by atoms with E-state index in [0.29, 0.717) is 0 Å². The van der Waals surface area contributed by atoms with Crippen molar-refractivity contribution in [1.82, 2.24) is 0 Å². The summed E-state index contributed by atoms with van der Waals surface area (Å²) in [4.78, 5) is 8.70. The number of alkyl halides is 3. The number of carbonyl (C=O) groups is 1. The quantitative estimate of drug-likeness (QED) is 0.476. The van der Waals surface area contributed by atoms with Gasteiger partial charge < -0.3 is 0 Å². The number of hydrogen-bond acceptors (Lipinski definition) is 1. The Kier molecular flexibility index (Phi) is 5.05. The Balaban J connectivity index is 0. The van der Waals surface area contributed by atoms with E-state index >= 15 is 0 Å². The zero-order chi connectivity index (χ0) is 5.21. The van der Waals surface area contributed by atoms with E-state index in [1.54, 1.807) is 0 Å². The van der Waals surface area contributed by atoms with Crippen molar-refractivity contribution in [3.63, 3.8) is 0 Å². The van der Waals surface area contributed by atoms with Crippen molar-refractivity contribution >= 4 is 6.29 Å².